The first kappa shape index (κ1) is 17.1. The minimum absolute atomic E-state index is 0.0288. The van der Waals surface area contributed by atoms with E-state index in [0.717, 1.165) is 25.9 Å². The van der Waals surface area contributed by atoms with E-state index < -0.39 is 11.9 Å². The van der Waals surface area contributed by atoms with E-state index >= 15 is 0 Å². The number of hydrogen-bond acceptors (Lipinski definition) is 5. The van der Waals surface area contributed by atoms with Crippen molar-refractivity contribution in [2.24, 2.45) is 11.8 Å². The fourth-order valence-electron chi connectivity index (χ4n) is 4.15. The topological polar surface area (TPSA) is 65.8 Å². The quantitative estimate of drug-likeness (QED) is 0.861. The molecule has 0 radical (unpaired) electrons. The highest BCUT2D eigenvalue weighted by atomic mass is 19.1. The smallest absolute Gasteiger partial charge is 0.215 e. The first-order chi connectivity index (χ1) is 12.6. The van der Waals surface area contributed by atoms with Gasteiger partial charge in [0.05, 0.1) is 18.0 Å². The Kier molecular flexibility index (Phi) is 4.66. The lowest BCUT2D eigenvalue weighted by Gasteiger charge is -2.22. The molecule has 0 amide bonds. The Morgan fingerprint density at radius 3 is 2.69 bits per heavy atom. The summed E-state index contributed by atoms with van der Waals surface area (Å²) in [4.78, 5) is 6.32. The molecule has 1 aromatic heterocycles. The van der Waals surface area contributed by atoms with Crippen LogP contribution in [0.2, 0.25) is 0 Å². The molecule has 26 heavy (non-hydrogen) atoms. The van der Waals surface area contributed by atoms with Crippen molar-refractivity contribution in [3.8, 4) is 11.5 Å². The summed E-state index contributed by atoms with van der Waals surface area (Å²) in [6.45, 7) is 2.32. The molecule has 2 heterocycles. The highest BCUT2D eigenvalue weighted by molar-refractivity contribution is 5.21. The Hall–Kier alpha value is -2.36. The van der Waals surface area contributed by atoms with Crippen LogP contribution >= 0.6 is 0 Å². The number of nitrogens with zero attached hydrogens (tertiary/aromatic N) is 2. The number of rotatable bonds is 5. The summed E-state index contributed by atoms with van der Waals surface area (Å²) in [5.41, 5.74) is 0.564. The Labute approximate surface area is 152 Å². The Balaban J connectivity index is 1.29. The second-order valence-corrected chi connectivity index (χ2v) is 7.19. The predicted molar refractivity (Wildman–Crippen MR) is 92.0 cm³/mol. The van der Waals surface area contributed by atoms with Gasteiger partial charge in [0.25, 0.3) is 0 Å². The number of aliphatic hydroxyl groups excluding tert-OH is 1. The second kappa shape index (κ2) is 7.10. The van der Waals surface area contributed by atoms with Gasteiger partial charge in [-0.1, -0.05) is 6.07 Å². The van der Waals surface area contributed by atoms with Crippen LogP contribution in [0.4, 0.5) is 4.39 Å². The van der Waals surface area contributed by atoms with Crippen LogP contribution in [-0.2, 0) is 0 Å². The molecule has 1 saturated carbocycles. The maximum absolute atomic E-state index is 13.7. The molecule has 0 spiro atoms. The first-order valence-electron chi connectivity index (χ1n) is 8.88. The molecular weight excluding hydrogens is 335 g/mol. The molecule has 4 atom stereocenters. The molecule has 0 unspecified atom stereocenters. The molecule has 6 heteroatoms. The van der Waals surface area contributed by atoms with Crippen LogP contribution in [0.1, 0.15) is 24.6 Å². The number of likely N-dealkylation sites (tertiary alicyclic amines) is 1. The summed E-state index contributed by atoms with van der Waals surface area (Å²) < 4.78 is 19.5. The van der Waals surface area contributed by atoms with E-state index in [0.29, 0.717) is 24.1 Å². The largest absolute Gasteiger partial charge is 0.506 e. The van der Waals surface area contributed by atoms with Crippen LogP contribution in [-0.4, -0.2) is 45.8 Å². The van der Waals surface area contributed by atoms with Gasteiger partial charge in [0.15, 0.2) is 5.75 Å². The van der Waals surface area contributed by atoms with Crippen LogP contribution in [0.15, 0.2) is 30.5 Å². The van der Waals surface area contributed by atoms with E-state index in [9.17, 15) is 14.6 Å². The molecule has 5 nitrogen and oxygen atoms in total. The summed E-state index contributed by atoms with van der Waals surface area (Å²) >= 11 is 0. The number of aliphatic hydroxyl groups is 1. The van der Waals surface area contributed by atoms with Gasteiger partial charge in [-0.25, -0.2) is 0 Å². The minimum atomic E-state index is -0.674. The third-order valence-corrected chi connectivity index (χ3v) is 5.34. The Morgan fingerprint density at radius 1 is 1.27 bits per heavy atom. The van der Waals surface area contributed by atoms with Crippen LogP contribution < -0.4 is 4.74 Å². The normalized spacial score (nSPS) is 26.3. The van der Waals surface area contributed by atoms with E-state index in [4.69, 9.17) is 4.74 Å². The molecule has 1 aliphatic heterocycles. The highest BCUT2D eigenvalue weighted by Gasteiger charge is 2.42. The number of hydrogen-bond donors (Lipinski definition) is 2. The lowest BCUT2D eigenvalue weighted by molar-refractivity contribution is 0.112. The lowest BCUT2D eigenvalue weighted by Crippen LogP contribution is -2.29. The molecule has 136 valence electrons. The average Bonchev–Trinajstić information content (AvgIpc) is 3.15. The van der Waals surface area contributed by atoms with E-state index in [-0.39, 0.29) is 17.6 Å². The third kappa shape index (κ3) is 3.59. The Bertz CT molecular complexity index is 741. The number of β-amino-alcohol motifs (C(OH)–C–C–N with tert-alkyl or cyclic N) is 1. The zero-order valence-corrected chi connectivity index (χ0v) is 14.3. The fourth-order valence-corrected chi connectivity index (χ4v) is 4.15. The summed E-state index contributed by atoms with van der Waals surface area (Å²) in [6, 6.07) is 11.3. The predicted octanol–water partition coefficient (Wildman–Crippen LogP) is 2.35. The zero-order chi connectivity index (χ0) is 18.1. The monoisotopic (exact) mass is 356 g/mol. The molecule has 2 aliphatic rings. The average molecular weight is 356 g/mol. The SMILES string of the molecule is Oc1ccc([C@H](O)CN2C[C@H]3C[C@H](Oc4ccc#cc4F)C[C@H]3C2)nc1. The molecule has 1 aliphatic carbocycles. The molecule has 2 aromatic rings. The van der Waals surface area contributed by atoms with Crippen molar-refractivity contribution in [1.29, 1.82) is 0 Å². The van der Waals surface area contributed by atoms with Crippen LogP contribution in [0.3, 0.4) is 0 Å². The van der Waals surface area contributed by atoms with Gasteiger partial charge in [0, 0.05) is 19.6 Å². The lowest BCUT2D eigenvalue weighted by atomic mass is 10.0. The molecule has 1 saturated heterocycles. The maximum atomic E-state index is 13.7. The van der Waals surface area contributed by atoms with Gasteiger partial charge < -0.3 is 14.9 Å². The summed E-state index contributed by atoms with van der Waals surface area (Å²) in [7, 11) is 0. The second-order valence-electron chi connectivity index (χ2n) is 7.19. The molecule has 4 rings (SSSR count). The van der Waals surface area contributed by atoms with Crippen molar-refractivity contribution >= 4 is 0 Å². The van der Waals surface area contributed by atoms with Crippen LogP contribution in [0, 0.1) is 29.8 Å². The molecule has 2 N–H and O–H groups in total. The van der Waals surface area contributed by atoms with Gasteiger partial charge in [-0.2, -0.15) is 4.39 Å². The molecule has 0 bridgehead atoms. The van der Waals surface area contributed by atoms with Crippen molar-refractivity contribution in [2.45, 2.75) is 25.0 Å². The standard InChI is InChI=1S/C20H21FN2O3/c21-17-3-1-2-4-20(17)26-16-7-13-10-23(11-14(13)8-16)12-19(25)18-6-5-15(24)9-22-18/h2,4-6,9,13-14,16,19,24-25H,7-8,10-12H2/t13-,14+,16+,19-/m1/s1. The van der Waals surface area contributed by atoms with Gasteiger partial charge in [-0.05, 0) is 55.0 Å². The number of fused-ring (bicyclic) bond motifs is 1. The minimum Gasteiger partial charge on any atom is -0.506 e. The van der Waals surface area contributed by atoms with Gasteiger partial charge >= 0.3 is 0 Å². The van der Waals surface area contributed by atoms with Gasteiger partial charge in [-0.3, -0.25) is 9.88 Å². The van der Waals surface area contributed by atoms with Crippen LogP contribution in [0.5, 0.6) is 11.5 Å². The molecular formula is C20H21FN2O3. The van der Waals surface area contributed by atoms with E-state index in [1.165, 1.54) is 12.3 Å². The zero-order valence-electron chi connectivity index (χ0n) is 14.3. The van der Waals surface area contributed by atoms with Crippen molar-refractivity contribution in [3.63, 3.8) is 0 Å². The summed E-state index contributed by atoms with van der Waals surface area (Å²) in [6.07, 6.45) is 2.49. The van der Waals surface area contributed by atoms with Crippen LogP contribution in [0.25, 0.3) is 0 Å². The van der Waals surface area contributed by atoms with Gasteiger partial charge in [0.1, 0.15) is 11.9 Å². The highest BCUT2D eigenvalue weighted by Crippen LogP contribution is 2.40. The molecule has 2 fully saturated rings. The summed E-state index contributed by atoms with van der Waals surface area (Å²) in [5, 5.41) is 19.6. The van der Waals surface area contributed by atoms with E-state index in [1.54, 1.807) is 18.2 Å². The number of aromatic nitrogens is 1. The van der Waals surface area contributed by atoms with E-state index in [2.05, 4.69) is 22.0 Å². The van der Waals surface area contributed by atoms with Crippen molar-refractivity contribution in [3.05, 3.63) is 54.1 Å². The van der Waals surface area contributed by atoms with Crippen molar-refractivity contribution in [2.75, 3.05) is 19.6 Å². The fraction of sp³-hybridized carbons (Fsp3) is 0.450. The number of halogens is 1. The van der Waals surface area contributed by atoms with Gasteiger partial charge in [-0.15, -0.1) is 0 Å². The number of aromatic hydroxyl groups is 1. The Morgan fingerprint density at radius 2 is 2.04 bits per heavy atom. The van der Waals surface area contributed by atoms with Gasteiger partial charge in [0.2, 0.25) is 5.82 Å². The number of pyridine rings is 1. The summed E-state index contributed by atoms with van der Waals surface area (Å²) in [5.74, 6) is 0.854. The van der Waals surface area contributed by atoms with Crippen molar-refractivity contribution in [1.82, 2.24) is 9.88 Å². The first-order valence-corrected chi connectivity index (χ1v) is 8.88. The third-order valence-electron chi connectivity index (χ3n) is 5.34. The van der Waals surface area contributed by atoms with E-state index in [1.807, 2.05) is 0 Å². The van der Waals surface area contributed by atoms with Crippen molar-refractivity contribution < 1.29 is 19.3 Å². The number of ether oxygens (including phenoxy) is 1. The molecule has 1 aromatic carbocycles. The maximum Gasteiger partial charge on any atom is 0.215 e.